The van der Waals surface area contributed by atoms with Crippen molar-refractivity contribution in [1.82, 2.24) is 4.90 Å². The van der Waals surface area contributed by atoms with E-state index >= 15 is 0 Å². The van der Waals surface area contributed by atoms with Crippen molar-refractivity contribution in [3.63, 3.8) is 0 Å². The Morgan fingerprint density at radius 1 is 1.00 bits per heavy atom. The lowest BCUT2D eigenvalue weighted by Crippen LogP contribution is -2.60. The molecule has 0 aliphatic carbocycles. The van der Waals surface area contributed by atoms with Gasteiger partial charge in [-0.1, -0.05) is 75.4 Å². The van der Waals surface area contributed by atoms with Gasteiger partial charge in [0.2, 0.25) is 5.91 Å². The van der Waals surface area contributed by atoms with Gasteiger partial charge in [0.15, 0.2) is 0 Å². The molecule has 2 aromatic rings. The number of aliphatic hydroxyl groups is 1. The average molecular weight is 545 g/mol. The summed E-state index contributed by atoms with van der Waals surface area (Å²) in [5.41, 5.74) is -1.77. The average Bonchev–Trinajstić information content (AvgIpc) is 3.29. The lowest BCUT2D eigenvalue weighted by Gasteiger charge is -2.42. The van der Waals surface area contributed by atoms with Gasteiger partial charge in [-0.3, -0.25) is 14.4 Å². The molecule has 0 radical (unpaired) electrons. The van der Waals surface area contributed by atoms with Crippen molar-refractivity contribution in [2.75, 3.05) is 24.7 Å². The summed E-state index contributed by atoms with van der Waals surface area (Å²) < 4.78 is 12.5. The Labute approximate surface area is 234 Å². The summed E-state index contributed by atoms with van der Waals surface area (Å²) in [4.78, 5) is 45.9. The molecule has 40 heavy (non-hydrogen) atoms. The fraction of sp³-hybridized carbons (Fsp3) is 0.469. The number of fused-ring (bicyclic) bond motifs is 3. The highest BCUT2D eigenvalue weighted by molar-refractivity contribution is 6.06. The molecule has 6 atom stereocenters. The van der Waals surface area contributed by atoms with Crippen LogP contribution in [0.1, 0.15) is 33.6 Å². The third-order valence-corrected chi connectivity index (χ3v) is 9.20. The molecule has 2 amide bonds. The van der Waals surface area contributed by atoms with Gasteiger partial charge >= 0.3 is 5.97 Å². The van der Waals surface area contributed by atoms with Gasteiger partial charge in [-0.05, 0) is 41.7 Å². The lowest BCUT2D eigenvalue weighted by atomic mass is 9.73. The maximum Gasteiger partial charge on any atom is 0.313 e. The van der Waals surface area contributed by atoms with Gasteiger partial charge in [-0.15, -0.1) is 0 Å². The Bertz CT molecular complexity index is 1420. The summed E-state index contributed by atoms with van der Waals surface area (Å²) in [5.74, 6) is -3.15. The first-order valence-electron chi connectivity index (χ1n) is 14.2. The highest BCUT2D eigenvalue weighted by Crippen LogP contribution is 2.59. The molecular formula is C32H36N2O6. The summed E-state index contributed by atoms with van der Waals surface area (Å²) in [6, 6.07) is 12.1. The second kappa shape index (κ2) is 9.85. The number of cyclic esters (lactones) is 1. The number of aliphatic hydroxyl groups excluding tert-OH is 1. The number of carbonyl (C=O) groups is 3. The Morgan fingerprint density at radius 3 is 2.50 bits per heavy atom. The molecule has 1 unspecified atom stereocenters. The van der Waals surface area contributed by atoms with Crippen LogP contribution in [0.15, 0.2) is 66.8 Å². The van der Waals surface area contributed by atoms with Crippen LogP contribution in [0.2, 0.25) is 0 Å². The molecule has 8 heteroatoms. The van der Waals surface area contributed by atoms with Crippen LogP contribution < -0.4 is 4.90 Å². The van der Waals surface area contributed by atoms with Gasteiger partial charge in [0.05, 0.1) is 25.2 Å². The highest BCUT2D eigenvalue weighted by Gasteiger charge is 2.76. The van der Waals surface area contributed by atoms with E-state index in [1.807, 2.05) is 87.5 Å². The number of anilines is 1. The molecule has 1 spiro atoms. The lowest BCUT2D eigenvalue weighted by molar-refractivity contribution is -0.162. The second-order valence-electron chi connectivity index (χ2n) is 11.6. The first kappa shape index (κ1) is 26.7. The number of nitrogens with zero attached hydrogens (tertiary/aromatic N) is 2. The number of hydrogen-bond donors (Lipinski definition) is 1. The quantitative estimate of drug-likeness (QED) is 0.456. The molecule has 2 fully saturated rings. The van der Waals surface area contributed by atoms with E-state index in [1.54, 1.807) is 4.90 Å². The van der Waals surface area contributed by atoms with E-state index in [9.17, 15) is 19.5 Å². The standard InChI is InChI=1S/C32H36N2O6/c1-4-31-14-7-8-17-39-30(38)26(31)25-28(36)34(24(19-35)20(2)3)27-29(37)33(16-9-15-32(25,27)40-31)23-13-12-21-10-5-6-11-22(21)18-23/h5-7,9-15,18,20,24-27,35H,4,8,16-17,19H2,1-3H3/t24-,25-,26+,27?,31-,32-/m0/s1. The fourth-order valence-corrected chi connectivity index (χ4v) is 7.22. The van der Waals surface area contributed by atoms with Gasteiger partial charge in [-0.2, -0.15) is 0 Å². The molecule has 0 aromatic heterocycles. The zero-order chi connectivity index (χ0) is 28.2. The van der Waals surface area contributed by atoms with Crippen LogP contribution in [0.4, 0.5) is 5.69 Å². The summed E-state index contributed by atoms with van der Waals surface area (Å²) in [6.45, 7) is 5.94. The molecule has 0 saturated carbocycles. The van der Waals surface area contributed by atoms with E-state index < -0.39 is 41.1 Å². The monoisotopic (exact) mass is 544 g/mol. The zero-order valence-electron chi connectivity index (χ0n) is 23.2. The van der Waals surface area contributed by atoms with Crippen LogP contribution in [0, 0.1) is 17.8 Å². The number of esters is 1. The molecule has 2 saturated heterocycles. The van der Waals surface area contributed by atoms with Gasteiger partial charge in [0.25, 0.3) is 5.91 Å². The SMILES string of the molecule is CC[C@]12C=CCCOC(=O)[C@H]1[C@H]1C(=O)N([C@@H](CO)C(C)C)C3C(=O)N(c4ccc5ccccc5c4)CC=C[C@@]31O2. The Balaban J connectivity index is 1.53. The molecule has 2 aromatic carbocycles. The molecule has 1 N–H and O–H groups in total. The molecule has 0 bridgehead atoms. The predicted octanol–water partition coefficient (Wildman–Crippen LogP) is 3.62. The van der Waals surface area contributed by atoms with Crippen LogP contribution in [0.25, 0.3) is 10.8 Å². The Hall–Kier alpha value is -3.49. The number of rotatable bonds is 5. The third kappa shape index (κ3) is 3.76. The number of carbonyl (C=O) groups excluding carboxylic acids is 3. The van der Waals surface area contributed by atoms with Crippen LogP contribution in [0.5, 0.6) is 0 Å². The fourth-order valence-electron chi connectivity index (χ4n) is 7.22. The van der Waals surface area contributed by atoms with Crippen molar-refractivity contribution < 1.29 is 29.0 Å². The van der Waals surface area contributed by atoms with Crippen molar-refractivity contribution >= 4 is 34.2 Å². The van der Waals surface area contributed by atoms with Crippen LogP contribution in [-0.2, 0) is 23.9 Å². The molecule has 4 aliphatic heterocycles. The minimum absolute atomic E-state index is 0.140. The highest BCUT2D eigenvalue weighted by atomic mass is 16.6. The van der Waals surface area contributed by atoms with Gasteiger partial charge in [0.1, 0.15) is 23.2 Å². The van der Waals surface area contributed by atoms with Gasteiger partial charge in [0, 0.05) is 12.2 Å². The van der Waals surface area contributed by atoms with E-state index in [2.05, 4.69) is 0 Å². The second-order valence-corrected chi connectivity index (χ2v) is 11.6. The third-order valence-electron chi connectivity index (χ3n) is 9.20. The summed E-state index contributed by atoms with van der Waals surface area (Å²) in [7, 11) is 0. The van der Waals surface area contributed by atoms with E-state index in [-0.39, 0.29) is 37.5 Å². The minimum atomic E-state index is -1.39. The van der Waals surface area contributed by atoms with Crippen molar-refractivity contribution in [1.29, 1.82) is 0 Å². The normalized spacial score (nSPS) is 32.4. The number of amides is 2. The molecule has 4 heterocycles. The van der Waals surface area contributed by atoms with Crippen LogP contribution >= 0.6 is 0 Å². The molecule has 4 aliphatic rings. The first-order valence-corrected chi connectivity index (χ1v) is 14.2. The first-order chi connectivity index (χ1) is 19.3. The maximum absolute atomic E-state index is 14.7. The predicted molar refractivity (Wildman–Crippen MR) is 150 cm³/mol. The Morgan fingerprint density at radius 2 is 1.77 bits per heavy atom. The van der Waals surface area contributed by atoms with Crippen LogP contribution in [0.3, 0.4) is 0 Å². The van der Waals surface area contributed by atoms with E-state index in [0.717, 1.165) is 10.8 Å². The van der Waals surface area contributed by atoms with Gasteiger partial charge in [-0.25, -0.2) is 0 Å². The van der Waals surface area contributed by atoms with Crippen LogP contribution in [-0.4, -0.2) is 70.8 Å². The molecule has 210 valence electrons. The van der Waals surface area contributed by atoms with Crippen molar-refractivity contribution in [2.24, 2.45) is 17.8 Å². The van der Waals surface area contributed by atoms with Crippen molar-refractivity contribution in [2.45, 2.75) is 56.9 Å². The number of hydrogen-bond acceptors (Lipinski definition) is 6. The summed E-state index contributed by atoms with van der Waals surface area (Å²) >= 11 is 0. The minimum Gasteiger partial charge on any atom is -0.465 e. The van der Waals surface area contributed by atoms with Crippen molar-refractivity contribution in [3.05, 3.63) is 66.8 Å². The van der Waals surface area contributed by atoms with E-state index in [0.29, 0.717) is 18.5 Å². The van der Waals surface area contributed by atoms with Crippen molar-refractivity contribution in [3.8, 4) is 0 Å². The van der Waals surface area contributed by atoms with E-state index in [4.69, 9.17) is 9.47 Å². The molecule has 8 nitrogen and oxygen atoms in total. The Kier molecular flexibility index (Phi) is 6.58. The largest absolute Gasteiger partial charge is 0.465 e. The number of benzene rings is 2. The molecular weight excluding hydrogens is 508 g/mol. The zero-order valence-corrected chi connectivity index (χ0v) is 23.2. The number of ether oxygens (including phenoxy) is 2. The number of likely N-dealkylation sites (tertiary alicyclic amines) is 1. The summed E-state index contributed by atoms with van der Waals surface area (Å²) in [6.07, 6.45) is 8.53. The smallest absolute Gasteiger partial charge is 0.313 e. The maximum atomic E-state index is 14.7. The van der Waals surface area contributed by atoms with E-state index in [1.165, 1.54) is 4.90 Å². The molecule has 6 rings (SSSR count). The summed E-state index contributed by atoms with van der Waals surface area (Å²) in [5, 5.41) is 12.5. The van der Waals surface area contributed by atoms with Gasteiger partial charge < -0.3 is 24.4 Å². The topological polar surface area (TPSA) is 96.4 Å².